The van der Waals surface area contributed by atoms with E-state index in [4.69, 9.17) is 0 Å². The van der Waals surface area contributed by atoms with Crippen molar-refractivity contribution in [3.63, 3.8) is 0 Å². The van der Waals surface area contributed by atoms with Gasteiger partial charge in [0.15, 0.2) is 0 Å². The van der Waals surface area contributed by atoms with E-state index in [2.05, 4.69) is 73.3 Å². The minimum absolute atomic E-state index is 0.00391. The number of pyridine rings is 2. The molecule has 0 aliphatic carbocycles. The molecule has 0 radical (unpaired) electrons. The van der Waals surface area contributed by atoms with Gasteiger partial charge in [-0.3, -0.25) is 49.1 Å². The maximum absolute atomic E-state index is 13.4. The first-order valence-corrected chi connectivity index (χ1v) is 22.7. The molecule has 0 spiro atoms. The normalized spacial score (nSPS) is 20.5. The summed E-state index contributed by atoms with van der Waals surface area (Å²) in [5, 5.41) is 19.2. The Labute approximate surface area is 370 Å². The van der Waals surface area contributed by atoms with Gasteiger partial charge in [0.05, 0.1) is 23.8 Å². The highest BCUT2D eigenvalue weighted by Crippen LogP contribution is 2.48. The zero-order chi connectivity index (χ0) is 43.5. The second-order valence-corrected chi connectivity index (χ2v) is 17.8. The van der Waals surface area contributed by atoms with Crippen LogP contribution in [0.5, 0.6) is 0 Å². The molecule has 2 saturated heterocycles. The molecule has 322 valence electrons. The third-order valence-electron chi connectivity index (χ3n) is 12.6. The van der Waals surface area contributed by atoms with E-state index in [1.54, 1.807) is 12.1 Å². The number of aliphatic hydroxyl groups excluding tert-OH is 1. The molecule has 2 aromatic heterocycles. The lowest BCUT2D eigenvalue weighted by atomic mass is 9.82. The number of carbonyl (C=O) groups is 5. The summed E-state index contributed by atoms with van der Waals surface area (Å²) >= 11 is 1.50. The van der Waals surface area contributed by atoms with Crippen molar-refractivity contribution in [1.82, 2.24) is 25.1 Å². The number of amides is 5. The molecule has 0 bridgehead atoms. The number of hydrogen-bond acceptors (Lipinski definition) is 11. The molecule has 4 atom stereocenters. The number of aryl methyl sites for hydroxylation is 2. The van der Waals surface area contributed by atoms with E-state index in [0.717, 1.165) is 71.0 Å². The summed E-state index contributed by atoms with van der Waals surface area (Å²) in [6, 6.07) is 27.0. The summed E-state index contributed by atoms with van der Waals surface area (Å²) < 4.78 is 0. The fraction of sp³-hybridized carbons (Fsp3) is 0.327. The Kier molecular flexibility index (Phi) is 12.5. The van der Waals surface area contributed by atoms with Gasteiger partial charge in [0.25, 0.3) is 11.8 Å². The number of nitrogens with zero attached hydrogens (tertiary/aromatic N) is 4. The monoisotopic (exact) mass is 863 g/mol. The Hall–Kier alpha value is -6.22. The number of aromatic nitrogens is 2. The van der Waals surface area contributed by atoms with E-state index >= 15 is 0 Å². The molecule has 3 aromatic carbocycles. The number of nitrogens with one attached hydrogen (secondary N) is 3. The molecule has 2 fully saturated rings. The average molecular weight is 864 g/mol. The molecule has 0 saturated carbocycles. The summed E-state index contributed by atoms with van der Waals surface area (Å²) in [5.41, 5.74) is 8.96. The van der Waals surface area contributed by atoms with E-state index in [1.807, 2.05) is 48.9 Å². The first-order valence-electron chi connectivity index (χ1n) is 21.7. The van der Waals surface area contributed by atoms with Crippen molar-refractivity contribution in [3.8, 4) is 11.1 Å². The number of benzene rings is 3. The van der Waals surface area contributed by atoms with Crippen LogP contribution in [0.3, 0.4) is 0 Å². The highest BCUT2D eigenvalue weighted by Gasteiger charge is 2.46. The van der Waals surface area contributed by atoms with Crippen molar-refractivity contribution in [2.75, 3.05) is 29.5 Å². The predicted octanol–water partition coefficient (Wildman–Crippen LogP) is 6.58. The summed E-state index contributed by atoms with van der Waals surface area (Å²) in [7, 11) is 0. The van der Waals surface area contributed by atoms with Gasteiger partial charge in [-0.15, -0.1) is 11.8 Å². The number of anilines is 2. The SMILES string of the molecule is O=C1CCC(N2C(=O)c3cccc(SCCCc4ccc(CCCC(=O)Nc5cccc(-c6ccc7c(c6)[C@H]6[C@H](CCN6Cc6ccncc6)[C@@H](CO)N7)c5)nc4)c3C2=O)C(=O)N1. The van der Waals surface area contributed by atoms with Crippen LogP contribution >= 0.6 is 11.8 Å². The van der Waals surface area contributed by atoms with E-state index in [1.165, 1.54) is 22.9 Å². The lowest BCUT2D eigenvalue weighted by molar-refractivity contribution is -0.136. The zero-order valence-electron chi connectivity index (χ0n) is 34.8. The average Bonchev–Trinajstić information content (AvgIpc) is 3.83. The largest absolute Gasteiger partial charge is 0.394 e. The summed E-state index contributed by atoms with van der Waals surface area (Å²) in [6.45, 7) is 1.86. The van der Waals surface area contributed by atoms with Gasteiger partial charge in [-0.25, -0.2) is 0 Å². The number of carbonyl (C=O) groups excluding carboxylic acids is 5. The number of likely N-dealkylation sites (tertiary alicyclic amines) is 1. The van der Waals surface area contributed by atoms with Crippen LogP contribution in [0.25, 0.3) is 11.1 Å². The van der Waals surface area contributed by atoms with Gasteiger partial charge in [0.1, 0.15) is 6.04 Å². The Morgan fingerprint density at radius 2 is 1.71 bits per heavy atom. The maximum atomic E-state index is 13.4. The van der Waals surface area contributed by atoms with Gasteiger partial charge < -0.3 is 15.7 Å². The predicted molar refractivity (Wildman–Crippen MR) is 240 cm³/mol. The third kappa shape index (κ3) is 9.01. The number of rotatable bonds is 15. The van der Waals surface area contributed by atoms with E-state index in [-0.39, 0.29) is 43.0 Å². The highest BCUT2D eigenvalue weighted by molar-refractivity contribution is 7.99. The van der Waals surface area contributed by atoms with Gasteiger partial charge in [0.2, 0.25) is 17.7 Å². The maximum Gasteiger partial charge on any atom is 0.263 e. The lowest BCUT2D eigenvalue weighted by Gasteiger charge is -2.39. The van der Waals surface area contributed by atoms with Crippen LogP contribution in [-0.4, -0.2) is 85.4 Å². The molecule has 9 rings (SSSR count). The fourth-order valence-corrected chi connectivity index (χ4v) is 10.5. The number of piperidine rings is 1. The smallest absolute Gasteiger partial charge is 0.263 e. The van der Waals surface area contributed by atoms with Gasteiger partial charge >= 0.3 is 0 Å². The Morgan fingerprint density at radius 3 is 2.52 bits per heavy atom. The number of imide groups is 2. The molecular formula is C49H49N7O6S. The van der Waals surface area contributed by atoms with Crippen molar-refractivity contribution in [3.05, 3.63) is 137 Å². The van der Waals surface area contributed by atoms with Gasteiger partial charge in [-0.1, -0.05) is 30.3 Å². The Balaban J connectivity index is 0.746. The van der Waals surface area contributed by atoms with Crippen LogP contribution < -0.4 is 16.0 Å². The summed E-state index contributed by atoms with van der Waals surface area (Å²) in [4.78, 5) is 76.8. The molecule has 14 heteroatoms. The molecule has 1 unspecified atom stereocenters. The van der Waals surface area contributed by atoms with Crippen molar-refractivity contribution in [1.29, 1.82) is 0 Å². The first kappa shape index (κ1) is 42.1. The molecule has 4 aliphatic heterocycles. The number of aliphatic hydroxyl groups is 1. The number of fused-ring (bicyclic) bond motifs is 4. The molecule has 5 aromatic rings. The zero-order valence-corrected chi connectivity index (χ0v) is 35.6. The minimum Gasteiger partial charge on any atom is -0.394 e. The Bertz CT molecular complexity index is 2550. The second-order valence-electron chi connectivity index (χ2n) is 16.7. The van der Waals surface area contributed by atoms with Crippen LogP contribution in [0, 0.1) is 5.92 Å². The first-order chi connectivity index (χ1) is 30.7. The molecule has 5 amide bonds. The minimum atomic E-state index is -0.991. The summed E-state index contributed by atoms with van der Waals surface area (Å²) in [6.07, 6.45) is 10.0. The molecular weight excluding hydrogens is 815 g/mol. The van der Waals surface area contributed by atoms with Gasteiger partial charge in [-0.05, 0) is 133 Å². The standard InChI is InChI=1S/C49H49N7O6S/c57-29-40-36-20-23-55(28-31-18-21-50-22-19-31)46(36)38-26-33(13-15-39(38)53-40)32-6-1-8-35(25-32)52-43(58)11-2-7-34-14-12-30(27-51-34)5-4-24-63-42-10-3-9-37-45(42)49(62)56(48(37)61)41-16-17-44(59)54-47(41)60/h1,3,6,8-10,12-15,18-19,21-22,25-27,36,40-41,46,53,57H,2,4-5,7,11,16-17,20,23-24,28-29H2,(H,52,58)(H,54,59,60)/t36-,40-,41?,46-/m1/s1. The topological polar surface area (TPSA) is 174 Å². The van der Waals surface area contributed by atoms with Crippen LogP contribution in [0.4, 0.5) is 11.4 Å². The molecule has 63 heavy (non-hydrogen) atoms. The third-order valence-corrected chi connectivity index (χ3v) is 13.8. The van der Waals surface area contributed by atoms with E-state index in [9.17, 15) is 29.1 Å². The van der Waals surface area contributed by atoms with Crippen molar-refractivity contribution in [2.24, 2.45) is 5.92 Å². The van der Waals surface area contributed by atoms with Crippen LogP contribution in [-0.2, 0) is 33.8 Å². The summed E-state index contributed by atoms with van der Waals surface area (Å²) in [5.74, 6) is -1.07. The van der Waals surface area contributed by atoms with Crippen molar-refractivity contribution < 1.29 is 29.1 Å². The number of hydrogen-bond donors (Lipinski definition) is 4. The number of thioether (sulfide) groups is 1. The second kappa shape index (κ2) is 18.6. The fourth-order valence-electron chi connectivity index (χ4n) is 9.48. The van der Waals surface area contributed by atoms with Crippen LogP contribution in [0.1, 0.15) is 87.7 Å². The van der Waals surface area contributed by atoms with Crippen molar-refractivity contribution >= 4 is 52.7 Å². The van der Waals surface area contributed by atoms with Crippen molar-refractivity contribution in [2.45, 2.75) is 80.9 Å². The van der Waals surface area contributed by atoms with E-state index in [0.29, 0.717) is 41.4 Å². The van der Waals surface area contributed by atoms with Gasteiger partial charge in [-0.2, -0.15) is 0 Å². The van der Waals surface area contributed by atoms with Crippen LogP contribution in [0.2, 0.25) is 0 Å². The lowest BCUT2D eigenvalue weighted by Crippen LogP contribution is -2.54. The molecule has 4 aliphatic rings. The quantitative estimate of drug-likeness (QED) is 0.0509. The van der Waals surface area contributed by atoms with Crippen LogP contribution in [0.15, 0.2) is 108 Å². The highest BCUT2D eigenvalue weighted by atomic mass is 32.2. The Morgan fingerprint density at radius 1 is 0.873 bits per heavy atom. The molecule has 6 heterocycles. The van der Waals surface area contributed by atoms with E-state index < -0.39 is 29.7 Å². The molecule has 13 nitrogen and oxygen atoms in total. The van der Waals surface area contributed by atoms with Gasteiger partial charge in [0, 0.05) is 71.9 Å². The molecule has 4 N–H and O–H groups in total.